The minimum Gasteiger partial charge on any atom is -0.391 e. The first-order chi connectivity index (χ1) is 10.5. The molecule has 22 heavy (non-hydrogen) atoms. The van der Waals surface area contributed by atoms with E-state index in [-0.39, 0.29) is 12.2 Å². The predicted molar refractivity (Wildman–Crippen MR) is 86.4 cm³/mol. The number of nitrogens with zero attached hydrogens (tertiary/aromatic N) is 2. The molecule has 0 spiro atoms. The number of aliphatic hydroxyl groups excluding tert-OH is 1. The molecule has 0 fully saturated rings. The first-order valence-corrected chi connectivity index (χ1v) is 7.62. The summed E-state index contributed by atoms with van der Waals surface area (Å²) in [5.41, 5.74) is 0.0693. The Hall–Kier alpha value is -1.85. The third-order valence-corrected chi connectivity index (χ3v) is 3.59. The van der Waals surface area contributed by atoms with Gasteiger partial charge in [-0.05, 0) is 24.1 Å². The first kappa shape index (κ1) is 16.5. The highest BCUT2D eigenvalue weighted by Gasteiger charge is 2.11. The lowest BCUT2D eigenvalue weighted by Gasteiger charge is -2.14. The van der Waals surface area contributed by atoms with E-state index >= 15 is 0 Å². The van der Waals surface area contributed by atoms with Gasteiger partial charge in [-0.1, -0.05) is 30.7 Å². The lowest BCUT2D eigenvalue weighted by molar-refractivity contribution is 0.150. The largest absolute Gasteiger partial charge is 0.391 e. The lowest BCUT2D eigenvalue weighted by atomic mass is 10.1. The number of aromatic nitrogens is 2. The minimum absolute atomic E-state index is 0.0330. The predicted octanol–water partition coefficient (Wildman–Crippen LogP) is 1.68. The lowest BCUT2D eigenvalue weighted by Crippen LogP contribution is -2.41. The number of hydrogen-bond acceptors (Lipinski definition) is 3. The first-order valence-electron chi connectivity index (χ1n) is 7.24. The molecule has 0 radical (unpaired) electrons. The molecule has 1 atom stereocenters. The number of aryl methyl sites for hydroxylation is 1. The summed E-state index contributed by atoms with van der Waals surface area (Å²) in [5.74, 6) is 0. The number of aliphatic hydroxyl groups is 1. The van der Waals surface area contributed by atoms with Crippen molar-refractivity contribution in [3.8, 4) is 0 Å². The molecule has 0 saturated carbocycles. The van der Waals surface area contributed by atoms with Gasteiger partial charge in [-0.15, -0.1) is 0 Å². The van der Waals surface area contributed by atoms with Crippen LogP contribution in [0.4, 0.5) is 0 Å². The maximum atomic E-state index is 12.2. The van der Waals surface area contributed by atoms with Gasteiger partial charge in [0.2, 0.25) is 0 Å². The van der Waals surface area contributed by atoms with Gasteiger partial charge in [0, 0.05) is 30.3 Å². The van der Waals surface area contributed by atoms with Crippen LogP contribution in [-0.2, 0) is 19.5 Å². The van der Waals surface area contributed by atoms with Crippen LogP contribution in [0.3, 0.4) is 0 Å². The number of halogens is 1. The maximum Gasteiger partial charge on any atom is 0.331 e. The fourth-order valence-corrected chi connectivity index (χ4v) is 2.56. The van der Waals surface area contributed by atoms with Gasteiger partial charge in [0.05, 0.1) is 12.6 Å². The average Bonchev–Trinajstić information content (AvgIpc) is 2.46. The summed E-state index contributed by atoms with van der Waals surface area (Å²) < 4.78 is 2.55. The van der Waals surface area contributed by atoms with Crippen LogP contribution in [0.1, 0.15) is 18.9 Å². The van der Waals surface area contributed by atoms with E-state index in [0.717, 1.165) is 16.6 Å². The standard InChI is InChI=1S/C16H19ClN2O3/c1-2-7-18-8-6-15(21)19(16(18)22)11-14(20)10-12-4-3-5-13(17)9-12/h3-6,8-9,14,20H,2,7,10-11H2,1H3. The Morgan fingerprint density at radius 1 is 1.27 bits per heavy atom. The molecule has 0 aliphatic heterocycles. The Labute approximate surface area is 133 Å². The van der Waals surface area contributed by atoms with Crippen molar-refractivity contribution in [3.05, 3.63) is 68.0 Å². The quantitative estimate of drug-likeness (QED) is 0.880. The van der Waals surface area contributed by atoms with Crippen LogP contribution in [0.2, 0.25) is 5.02 Å². The summed E-state index contributed by atoms with van der Waals surface area (Å²) in [6, 6.07) is 8.51. The van der Waals surface area contributed by atoms with Crippen LogP contribution in [0.25, 0.3) is 0 Å². The van der Waals surface area contributed by atoms with Crippen molar-refractivity contribution >= 4 is 11.6 Å². The Kier molecular flexibility index (Phi) is 5.57. The third kappa shape index (κ3) is 4.08. The van der Waals surface area contributed by atoms with Gasteiger partial charge >= 0.3 is 5.69 Å². The summed E-state index contributed by atoms with van der Waals surface area (Å²) in [6.07, 6.45) is 1.79. The van der Waals surface area contributed by atoms with Crippen LogP contribution >= 0.6 is 11.6 Å². The average molecular weight is 323 g/mol. The van der Waals surface area contributed by atoms with Gasteiger partial charge in [0.15, 0.2) is 0 Å². The van der Waals surface area contributed by atoms with Crippen molar-refractivity contribution in [2.75, 3.05) is 0 Å². The Morgan fingerprint density at radius 3 is 2.73 bits per heavy atom. The normalized spacial score (nSPS) is 12.3. The molecule has 1 heterocycles. The molecule has 1 N–H and O–H groups in total. The highest BCUT2D eigenvalue weighted by atomic mass is 35.5. The van der Waals surface area contributed by atoms with E-state index in [9.17, 15) is 14.7 Å². The highest BCUT2D eigenvalue weighted by molar-refractivity contribution is 6.30. The van der Waals surface area contributed by atoms with Crippen LogP contribution in [-0.4, -0.2) is 20.3 Å². The van der Waals surface area contributed by atoms with Crippen molar-refractivity contribution in [1.82, 2.24) is 9.13 Å². The topological polar surface area (TPSA) is 64.2 Å². The van der Waals surface area contributed by atoms with E-state index in [0.29, 0.717) is 18.0 Å². The molecular formula is C16H19ClN2O3. The second kappa shape index (κ2) is 7.42. The van der Waals surface area contributed by atoms with Crippen LogP contribution < -0.4 is 11.2 Å². The second-order valence-electron chi connectivity index (χ2n) is 5.23. The summed E-state index contributed by atoms with van der Waals surface area (Å²) in [6.45, 7) is 2.47. The van der Waals surface area contributed by atoms with Crippen LogP contribution in [0.5, 0.6) is 0 Å². The smallest absolute Gasteiger partial charge is 0.331 e. The Balaban J connectivity index is 2.18. The van der Waals surface area contributed by atoms with Crippen molar-refractivity contribution in [1.29, 1.82) is 0 Å². The van der Waals surface area contributed by atoms with Crippen molar-refractivity contribution in [2.45, 2.75) is 39.0 Å². The SMILES string of the molecule is CCCn1ccc(=O)n(CC(O)Cc2cccc(Cl)c2)c1=O. The number of rotatable bonds is 6. The molecule has 118 valence electrons. The molecule has 2 rings (SSSR count). The molecule has 2 aromatic rings. The third-order valence-electron chi connectivity index (χ3n) is 3.36. The van der Waals surface area contributed by atoms with E-state index in [1.165, 1.54) is 16.8 Å². The number of benzene rings is 1. The maximum absolute atomic E-state index is 12.2. The Morgan fingerprint density at radius 2 is 2.05 bits per heavy atom. The Bertz CT molecular complexity index is 752. The van der Waals surface area contributed by atoms with E-state index in [2.05, 4.69) is 0 Å². The zero-order valence-corrected chi connectivity index (χ0v) is 13.2. The van der Waals surface area contributed by atoms with Crippen molar-refractivity contribution in [2.24, 2.45) is 0 Å². The van der Waals surface area contributed by atoms with Gasteiger partial charge in [0.1, 0.15) is 0 Å². The van der Waals surface area contributed by atoms with Gasteiger partial charge in [0.25, 0.3) is 5.56 Å². The number of hydrogen-bond donors (Lipinski definition) is 1. The molecule has 5 nitrogen and oxygen atoms in total. The highest BCUT2D eigenvalue weighted by Crippen LogP contribution is 2.12. The molecule has 0 bridgehead atoms. The van der Waals surface area contributed by atoms with Crippen molar-refractivity contribution < 1.29 is 5.11 Å². The molecule has 0 amide bonds. The van der Waals surface area contributed by atoms with E-state index in [1.54, 1.807) is 18.2 Å². The summed E-state index contributed by atoms with van der Waals surface area (Å²) in [5, 5.41) is 10.8. The molecule has 0 saturated heterocycles. The molecule has 6 heteroatoms. The summed E-state index contributed by atoms with van der Waals surface area (Å²) in [4.78, 5) is 24.1. The summed E-state index contributed by atoms with van der Waals surface area (Å²) >= 11 is 5.90. The monoisotopic (exact) mass is 322 g/mol. The zero-order valence-electron chi connectivity index (χ0n) is 12.4. The fourth-order valence-electron chi connectivity index (χ4n) is 2.35. The van der Waals surface area contributed by atoms with Gasteiger partial charge in [-0.25, -0.2) is 4.79 Å². The molecule has 1 aromatic heterocycles. The van der Waals surface area contributed by atoms with Crippen LogP contribution in [0, 0.1) is 0 Å². The van der Waals surface area contributed by atoms with Crippen LogP contribution in [0.15, 0.2) is 46.1 Å². The summed E-state index contributed by atoms with van der Waals surface area (Å²) in [7, 11) is 0. The molecule has 0 aliphatic carbocycles. The van der Waals surface area contributed by atoms with E-state index in [1.807, 2.05) is 13.0 Å². The van der Waals surface area contributed by atoms with Gasteiger partial charge < -0.3 is 9.67 Å². The van der Waals surface area contributed by atoms with E-state index < -0.39 is 11.7 Å². The molecule has 1 unspecified atom stereocenters. The van der Waals surface area contributed by atoms with Gasteiger partial charge in [-0.2, -0.15) is 0 Å². The molecular weight excluding hydrogens is 304 g/mol. The molecule has 0 aliphatic rings. The van der Waals surface area contributed by atoms with Crippen molar-refractivity contribution in [3.63, 3.8) is 0 Å². The second-order valence-corrected chi connectivity index (χ2v) is 5.66. The fraction of sp³-hybridized carbons (Fsp3) is 0.375. The molecule has 1 aromatic carbocycles. The zero-order chi connectivity index (χ0) is 16.1. The van der Waals surface area contributed by atoms with Gasteiger partial charge in [-0.3, -0.25) is 9.36 Å². The van der Waals surface area contributed by atoms with E-state index in [4.69, 9.17) is 11.6 Å². The minimum atomic E-state index is -0.832.